The highest BCUT2D eigenvalue weighted by molar-refractivity contribution is 5.47. The summed E-state index contributed by atoms with van der Waals surface area (Å²) >= 11 is 0. The van der Waals surface area contributed by atoms with Crippen molar-refractivity contribution < 1.29 is 29.6 Å². The second-order valence-electron chi connectivity index (χ2n) is 3.25. The number of rotatable bonds is 4. The molecule has 0 aliphatic carbocycles. The quantitative estimate of drug-likeness (QED) is 0.381. The van der Waals surface area contributed by atoms with E-state index in [0.29, 0.717) is 6.41 Å². The summed E-state index contributed by atoms with van der Waals surface area (Å²) in [6.07, 6.45) is -3.94. The molecule has 1 aliphatic rings. The van der Waals surface area contributed by atoms with Gasteiger partial charge in [0.2, 0.25) is 6.41 Å². The highest BCUT2D eigenvalue weighted by Crippen LogP contribution is 2.21. The molecule has 7 nitrogen and oxygen atoms in total. The average molecular weight is 221 g/mol. The first kappa shape index (κ1) is 12.3. The largest absolute Gasteiger partial charge is 0.394 e. The van der Waals surface area contributed by atoms with Crippen molar-refractivity contribution in [2.24, 2.45) is 0 Å². The predicted molar refractivity (Wildman–Crippen MR) is 47.8 cm³/mol. The van der Waals surface area contributed by atoms with E-state index in [9.17, 15) is 15.0 Å². The van der Waals surface area contributed by atoms with Gasteiger partial charge in [0.15, 0.2) is 6.29 Å². The van der Waals surface area contributed by atoms with Gasteiger partial charge in [0, 0.05) is 7.11 Å². The van der Waals surface area contributed by atoms with Crippen LogP contribution in [0.15, 0.2) is 0 Å². The molecule has 1 amide bonds. The number of carbonyl (C=O) groups excluding carboxylic acids is 1. The Balaban J connectivity index is 2.74. The van der Waals surface area contributed by atoms with Gasteiger partial charge in [0.05, 0.1) is 6.61 Å². The maximum atomic E-state index is 10.3. The van der Waals surface area contributed by atoms with Gasteiger partial charge in [-0.25, -0.2) is 0 Å². The van der Waals surface area contributed by atoms with Gasteiger partial charge in [0.1, 0.15) is 24.4 Å². The van der Waals surface area contributed by atoms with Crippen LogP contribution in [0.4, 0.5) is 0 Å². The van der Waals surface area contributed by atoms with Crippen molar-refractivity contribution in [1.29, 1.82) is 0 Å². The molecular weight excluding hydrogens is 206 g/mol. The Kier molecular flexibility index (Phi) is 4.43. The highest BCUT2D eigenvalue weighted by Gasteiger charge is 2.44. The molecule has 0 unspecified atom stereocenters. The minimum Gasteiger partial charge on any atom is -0.394 e. The van der Waals surface area contributed by atoms with E-state index in [1.54, 1.807) is 0 Å². The zero-order valence-electron chi connectivity index (χ0n) is 8.24. The van der Waals surface area contributed by atoms with Gasteiger partial charge < -0.3 is 30.1 Å². The molecule has 1 heterocycles. The van der Waals surface area contributed by atoms with Crippen molar-refractivity contribution in [3.05, 3.63) is 0 Å². The van der Waals surface area contributed by atoms with E-state index in [4.69, 9.17) is 14.6 Å². The summed E-state index contributed by atoms with van der Waals surface area (Å²) in [4.78, 5) is 10.3. The van der Waals surface area contributed by atoms with Gasteiger partial charge in [-0.3, -0.25) is 4.79 Å². The molecule has 1 aliphatic heterocycles. The SMILES string of the molecule is CO[C@@H]1O[C@H](CO)[C@@H](O)[C@H](O)[C@H]1NC=O. The van der Waals surface area contributed by atoms with Crippen molar-refractivity contribution in [3.63, 3.8) is 0 Å². The van der Waals surface area contributed by atoms with Crippen molar-refractivity contribution in [3.8, 4) is 0 Å². The Morgan fingerprint density at radius 1 is 1.47 bits per heavy atom. The smallest absolute Gasteiger partial charge is 0.207 e. The van der Waals surface area contributed by atoms with Crippen molar-refractivity contribution in [2.75, 3.05) is 13.7 Å². The molecule has 0 aromatic carbocycles. The Hall–Kier alpha value is -0.730. The van der Waals surface area contributed by atoms with Crippen LogP contribution in [0.25, 0.3) is 0 Å². The maximum absolute atomic E-state index is 10.3. The molecule has 0 bridgehead atoms. The van der Waals surface area contributed by atoms with Gasteiger partial charge in [0.25, 0.3) is 0 Å². The average Bonchev–Trinajstić information content (AvgIpc) is 2.25. The number of nitrogens with one attached hydrogen (secondary N) is 1. The summed E-state index contributed by atoms with van der Waals surface area (Å²) in [5.74, 6) is 0. The third kappa shape index (κ3) is 2.44. The molecule has 1 rings (SSSR count). The van der Waals surface area contributed by atoms with Crippen LogP contribution < -0.4 is 5.32 Å². The second-order valence-corrected chi connectivity index (χ2v) is 3.25. The van der Waals surface area contributed by atoms with Gasteiger partial charge in [-0.05, 0) is 0 Å². The highest BCUT2D eigenvalue weighted by atomic mass is 16.7. The zero-order valence-corrected chi connectivity index (χ0v) is 8.24. The first-order valence-corrected chi connectivity index (χ1v) is 4.50. The fourth-order valence-electron chi connectivity index (χ4n) is 1.54. The second kappa shape index (κ2) is 5.38. The van der Waals surface area contributed by atoms with Crippen LogP contribution in [0.3, 0.4) is 0 Å². The summed E-state index contributed by atoms with van der Waals surface area (Å²) in [7, 11) is 1.34. The molecule has 15 heavy (non-hydrogen) atoms. The molecule has 7 heteroatoms. The molecule has 0 aromatic heterocycles. The lowest BCUT2D eigenvalue weighted by Gasteiger charge is -2.41. The lowest BCUT2D eigenvalue weighted by Crippen LogP contribution is -2.63. The van der Waals surface area contributed by atoms with Crippen LogP contribution in [0.2, 0.25) is 0 Å². The first-order valence-electron chi connectivity index (χ1n) is 4.50. The number of carbonyl (C=O) groups is 1. The lowest BCUT2D eigenvalue weighted by atomic mass is 9.97. The van der Waals surface area contributed by atoms with E-state index in [1.807, 2.05) is 0 Å². The number of methoxy groups -OCH3 is 1. The van der Waals surface area contributed by atoms with Crippen molar-refractivity contribution in [2.45, 2.75) is 30.6 Å². The van der Waals surface area contributed by atoms with Crippen LogP contribution in [0.5, 0.6) is 0 Å². The number of aliphatic hydroxyl groups excluding tert-OH is 3. The van der Waals surface area contributed by atoms with Crippen molar-refractivity contribution >= 4 is 6.41 Å². The normalized spacial score (nSPS) is 41.2. The molecule has 88 valence electrons. The molecule has 0 aromatic rings. The molecule has 4 N–H and O–H groups in total. The Morgan fingerprint density at radius 2 is 2.13 bits per heavy atom. The van der Waals surface area contributed by atoms with E-state index in [2.05, 4.69) is 5.32 Å². The fraction of sp³-hybridized carbons (Fsp3) is 0.875. The van der Waals surface area contributed by atoms with E-state index in [1.165, 1.54) is 7.11 Å². The Morgan fingerprint density at radius 3 is 2.60 bits per heavy atom. The topological polar surface area (TPSA) is 108 Å². The predicted octanol–water partition coefficient (Wildman–Crippen LogP) is -2.81. The van der Waals surface area contributed by atoms with Crippen molar-refractivity contribution in [1.82, 2.24) is 5.32 Å². The van der Waals surface area contributed by atoms with E-state index in [-0.39, 0.29) is 0 Å². The third-order valence-electron chi connectivity index (χ3n) is 2.37. The third-order valence-corrected chi connectivity index (χ3v) is 2.37. The summed E-state index contributed by atoms with van der Waals surface area (Å²) in [5, 5.41) is 30.3. The lowest BCUT2D eigenvalue weighted by molar-refractivity contribution is -0.262. The van der Waals surface area contributed by atoms with E-state index >= 15 is 0 Å². The van der Waals surface area contributed by atoms with E-state index in [0.717, 1.165) is 0 Å². The number of hydrogen-bond donors (Lipinski definition) is 4. The van der Waals surface area contributed by atoms with Crippen LogP contribution in [0.1, 0.15) is 0 Å². The molecule has 1 fully saturated rings. The minimum atomic E-state index is -1.26. The summed E-state index contributed by atoms with van der Waals surface area (Å²) in [6.45, 7) is -0.439. The van der Waals surface area contributed by atoms with Gasteiger partial charge in [-0.15, -0.1) is 0 Å². The maximum Gasteiger partial charge on any atom is 0.207 e. The molecule has 0 saturated carbocycles. The fourth-order valence-corrected chi connectivity index (χ4v) is 1.54. The van der Waals surface area contributed by atoms with Crippen LogP contribution in [-0.4, -0.2) is 66.1 Å². The molecule has 0 spiro atoms. The van der Waals surface area contributed by atoms with Crippen LogP contribution >= 0.6 is 0 Å². The first-order chi connectivity index (χ1) is 7.15. The standard InChI is InChI=1S/C8H15NO6/c1-14-8-5(9-3-11)7(13)6(12)4(2-10)15-8/h3-8,10,12-13H,2H2,1H3,(H,9,11)/t4-,5-,6-,7-,8-/m1/s1. The minimum absolute atomic E-state index is 0.384. The van der Waals surface area contributed by atoms with Gasteiger partial charge >= 0.3 is 0 Å². The number of aliphatic hydroxyl groups is 3. The monoisotopic (exact) mass is 221 g/mol. The van der Waals surface area contributed by atoms with Gasteiger partial charge in [-0.1, -0.05) is 0 Å². The van der Waals surface area contributed by atoms with Crippen LogP contribution in [-0.2, 0) is 14.3 Å². The summed E-state index contributed by atoms with van der Waals surface area (Å²) in [5.41, 5.74) is 0. The Bertz CT molecular complexity index is 211. The van der Waals surface area contributed by atoms with E-state index < -0.39 is 37.3 Å². The number of hydrogen-bond acceptors (Lipinski definition) is 6. The molecule has 0 radical (unpaired) electrons. The summed E-state index contributed by atoms with van der Waals surface area (Å²) in [6, 6.07) is -0.856. The molecule has 1 saturated heterocycles. The molecule has 5 atom stereocenters. The number of ether oxygens (including phenoxy) is 2. The number of amides is 1. The molecular formula is C8H15NO6. The van der Waals surface area contributed by atoms with Crippen LogP contribution in [0, 0.1) is 0 Å². The zero-order chi connectivity index (χ0) is 11.4. The van der Waals surface area contributed by atoms with Gasteiger partial charge in [-0.2, -0.15) is 0 Å². The summed E-state index contributed by atoms with van der Waals surface area (Å²) < 4.78 is 10.0. The Labute approximate surface area is 86.6 Å².